The van der Waals surface area contributed by atoms with Gasteiger partial charge in [0.25, 0.3) is 5.91 Å². The van der Waals surface area contributed by atoms with Crippen LogP contribution < -0.4 is 14.4 Å². The second-order valence-electron chi connectivity index (χ2n) is 6.01. The van der Waals surface area contributed by atoms with Crippen LogP contribution in [0.2, 0.25) is 0 Å². The Kier molecular flexibility index (Phi) is 4.42. The van der Waals surface area contributed by atoms with Crippen LogP contribution in [0, 0.1) is 5.82 Å². The van der Waals surface area contributed by atoms with Crippen LogP contribution in [0.25, 0.3) is 0 Å². The van der Waals surface area contributed by atoms with E-state index in [0.717, 1.165) is 11.3 Å². The largest absolute Gasteiger partial charge is 0.497 e. The molecule has 0 unspecified atom stereocenters. The molecule has 1 amide bonds. The molecule has 4 nitrogen and oxygen atoms in total. The first-order valence-corrected chi connectivity index (χ1v) is 7.94. The lowest BCUT2D eigenvalue weighted by Gasteiger charge is -2.29. The molecule has 1 aliphatic heterocycles. The van der Waals surface area contributed by atoms with E-state index in [4.69, 9.17) is 9.47 Å². The first-order valence-electron chi connectivity index (χ1n) is 7.94. The lowest BCUT2D eigenvalue weighted by molar-refractivity contribution is 0.0979. The van der Waals surface area contributed by atoms with Crippen molar-refractivity contribution in [3.63, 3.8) is 0 Å². The summed E-state index contributed by atoms with van der Waals surface area (Å²) in [5.41, 5.74) is 1.79. The lowest BCUT2D eigenvalue weighted by atomic mass is 9.98. The molecule has 0 aromatic heterocycles. The van der Waals surface area contributed by atoms with Crippen LogP contribution in [0.4, 0.5) is 10.1 Å². The van der Waals surface area contributed by atoms with Gasteiger partial charge >= 0.3 is 0 Å². The zero-order valence-electron chi connectivity index (χ0n) is 14.0. The van der Waals surface area contributed by atoms with Crippen molar-refractivity contribution in [1.82, 2.24) is 0 Å². The monoisotopic (exact) mass is 329 g/mol. The van der Waals surface area contributed by atoms with Gasteiger partial charge < -0.3 is 14.4 Å². The van der Waals surface area contributed by atoms with Crippen LogP contribution in [-0.2, 0) is 6.42 Å². The van der Waals surface area contributed by atoms with Crippen molar-refractivity contribution in [2.45, 2.75) is 26.4 Å². The van der Waals surface area contributed by atoms with Crippen molar-refractivity contribution in [1.29, 1.82) is 0 Å². The number of halogens is 1. The van der Waals surface area contributed by atoms with Gasteiger partial charge in [0, 0.05) is 18.2 Å². The molecule has 1 heterocycles. The van der Waals surface area contributed by atoms with E-state index in [1.165, 1.54) is 11.0 Å². The number of benzene rings is 2. The Hall–Kier alpha value is -2.56. The highest BCUT2D eigenvalue weighted by Crippen LogP contribution is 2.30. The fraction of sp³-hybridized carbons (Fsp3) is 0.316. The fourth-order valence-corrected chi connectivity index (χ4v) is 2.87. The topological polar surface area (TPSA) is 38.8 Å². The predicted molar refractivity (Wildman–Crippen MR) is 90.5 cm³/mol. The molecule has 0 atom stereocenters. The van der Waals surface area contributed by atoms with Crippen molar-refractivity contribution in [3.8, 4) is 11.5 Å². The van der Waals surface area contributed by atoms with Gasteiger partial charge in [-0.2, -0.15) is 0 Å². The lowest BCUT2D eigenvalue weighted by Crippen LogP contribution is -2.38. The van der Waals surface area contributed by atoms with Crippen LogP contribution in [0.5, 0.6) is 11.5 Å². The second-order valence-corrected chi connectivity index (χ2v) is 6.01. The molecule has 0 fully saturated rings. The summed E-state index contributed by atoms with van der Waals surface area (Å²) < 4.78 is 25.1. The van der Waals surface area contributed by atoms with Gasteiger partial charge in [0.2, 0.25) is 0 Å². The van der Waals surface area contributed by atoms with E-state index >= 15 is 0 Å². The van der Waals surface area contributed by atoms with Gasteiger partial charge in [-0.3, -0.25) is 4.79 Å². The minimum absolute atomic E-state index is 0.0336. The molecular formula is C19H20FNO3. The maximum atomic E-state index is 14.5. The average Bonchev–Trinajstić information content (AvgIpc) is 2.55. The molecule has 24 heavy (non-hydrogen) atoms. The number of amides is 1. The molecule has 0 radical (unpaired) electrons. The molecule has 0 N–H and O–H groups in total. The normalized spacial score (nSPS) is 13.9. The van der Waals surface area contributed by atoms with Gasteiger partial charge in [0.15, 0.2) is 5.82 Å². The zero-order valence-corrected chi connectivity index (χ0v) is 14.0. The van der Waals surface area contributed by atoms with Gasteiger partial charge in [-0.05, 0) is 56.2 Å². The third kappa shape index (κ3) is 3.07. The summed E-state index contributed by atoms with van der Waals surface area (Å²) in [6.07, 6.45) is 0.621. The number of ether oxygens (including phenoxy) is 2. The van der Waals surface area contributed by atoms with Gasteiger partial charge in [-0.15, -0.1) is 0 Å². The summed E-state index contributed by atoms with van der Waals surface area (Å²) in [6.45, 7) is 4.19. The van der Waals surface area contributed by atoms with E-state index in [2.05, 4.69) is 0 Å². The minimum Gasteiger partial charge on any atom is -0.497 e. The highest BCUT2D eigenvalue weighted by Gasteiger charge is 2.27. The number of hydrogen-bond acceptors (Lipinski definition) is 3. The molecule has 1 aliphatic rings. The van der Waals surface area contributed by atoms with Gasteiger partial charge in [0.1, 0.15) is 11.5 Å². The molecule has 0 spiro atoms. The van der Waals surface area contributed by atoms with Crippen LogP contribution in [0.3, 0.4) is 0 Å². The van der Waals surface area contributed by atoms with Crippen molar-refractivity contribution in [2.24, 2.45) is 0 Å². The Balaban J connectivity index is 1.89. The van der Waals surface area contributed by atoms with Crippen molar-refractivity contribution < 1.29 is 18.7 Å². The molecule has 126 valence electrons. The second kappa shape index (κ2) is 6.51. The van der Waals surface area contributed by atoms with E-state index in [9.17, 15) is 9.18 Å². The van der Waals surface area contributed by atoms with Gasteiger partial charge in [-0.1, -0.05) is 0 Å². The first-order chi connectivity index (χ1) is 11.5. The SMILES string of the molecule is COc1ccc2c(c1)CCN(c1ccc(OC(C)C)cc1F)C2=O. The Labute approximate surface area is 140 Å². The molecule has 5 heteroatoms. The molecule has 0 aliphatic carbocycles. The van der Waals surface area contributed by atoms with Crippen LogP contribution >= 0.6 is 0 Å². The van der Waals surface area contributed by atoms with E-state index in [0.29, 0.717) is 24.3 Å². The number of methoxy groups -OCH3 is 1. The summed E-state index contributed by atoms with van der Waals surface area (Å²) in [5, 5.41) is 0. The van der Waals surface area contributed by atoms with Crippen LogP contribution in [-0.4, -0.2) is 25.7 Å². The maximum Gasteiger partial charge on any atom is 0.258 e. The number of carbonyl (C=O) groups is 1. The molecule has 0 bridgehead atoms. The summed E-state index contributed by atoms with van der Waals surface area (Å²) in [5.74, 6) is 0.519. The van der Waals surface area contributed by atoms with E-state index < -0.39 is 5.82 Å². The Morgan fingerprint density at radius 3 is 2.54 bits per heavy atom. The molecule has 2 aromatic rings. The third-order valence-electron chi connectivity index (χ3n) is 3.97. The highest BCUT2D eigenvalue weighted by molar-refractivity contribution is 6.08. The third-order valence-corrected chi connectivity index (χ3v) is 3.97. The number of nitrogens with zero attached hydrogens (tertiary/aromatic N) is 1. The van der Waals surface area contributed by atoms with Crippen molar-refractivity contribution >= 4 is 11.6 Å². The Morgan fingerprint density at radius 1 is 1.12 bits per heavy atom. The highest BCUT2D eigenvalue weighted by atomic mass is 19.1. The van der Waals surface area contributed by atoms with E-state index in [1.807, 2.05) is 19.9 Å². The Morgan fingerprint density at radius 2 is 1.88 bits per heavy atom. The smallest absolute Gasteiger partial charge is 0.258 e. The molecule has 0 saturated heterocycles. The summed E-state index contributed by atoms with van der Waals surface area (Å²) in [7, 11) is 1.59. The minimum atomic E-state index is -0.460. The summed E-state index contributed by atoms with van der Waals surface area (Å²) in [4.78, 5) is 14.2. The molecule has 3 rings (SSSR count). The standard InChI is InChI=1S/C19H20FNO3/c1-12(2)24-15-5-7-18(17(20)11-15)21-9-8-13-10-14(23-3)4-6-16(13)19(21)22/h4-7,10-12H,8-9H2,1-3H3. The number of anilines is 1. The van der Waals surface area contributed by atoms with E-state index in [1.54, 1.807) is 31.4 Å². The van der Waals surface area contributed by atoms with Crippen LogP contribution in [0.1, 0.15) is 29.8 Å². The summed E-state index contributed by atoms with van der Waals surface area (Å²) in [6, 6.07) is 9.95. The van der Waals surface area contributed by atoms with Gasteiger partial charge in [0.05, 0.1) is 18.9 Å². The van der Waals surface area contributed by atoms with Crippen molar-refractivity contribution in [2.75, 3.05) is 18.6 Å². The Bertz CT molecular complexity index is 773. The number of rotatable bonds is 4. The molecular weight excluding hydrogens is 309 g/mol. The van der Waals surface area contributed by atoms with Gasteiger partial charge in [-0.25, -0.2) is 4.39 Å². The first kappa shape index (κ1) is 16.3. The zero-order chi connectivity index (χ0) is 17.3. The molecule has 2 aromatic carbocycles. The number of hydrogen-bond donors (Lipinski definition) is 0. The van der Waals surface area contributed by atoms with Crippen molar-refractivity contribution in [3.05, 3.63) is 53.3 Å². The molecule has 0 saturated carbocycles. The fourth-order valence-electron chi connectivity index (χ4n) is 2.87. The predicted octanol–water partition coefficient (Wildman–Crippen LogP) is 3.82. The van der Waals surface area contributed by atoms with E-state index in [-0.39, 0.29) is 17.7 Å². The summed E-state index contributed by atoms with van der Waals surface area (Å²) >= 11 is 0. The van der Waals surface area contributed by atoms with Crippen LogP contribution in [0.15, 0.2) is 36.4 Å². The number of fused-ring (bicyclic) bond motifs is 1. The maximum absolute atomic E-state index is 14.5. The quantitative estimate of drug-likeness (QED) is 0.856. The average molecular weight is 329 g/mol. The number of carbonyl (C=O) groups excluding carboxylic acids is 1.